The topological polar surface area (TPSA) is 48.7 Å². The van der Waals surface area contributed by atoms with Crippen molar-refractivity contribution in [3.8, 4) is 0 Å². The van der Waals surface area contributed by atoms with Crippen LogP contribution < -0.4 is 4.90 Å². The number of halogens is 1. The van der Waals surface area contributed by atoms with Gasteiger partial charge in [-0.25, -0.2) is 8.70 Å². The molecule has 0 atom stereocenters. The van der Waals surface area contributed by atoms with Crippen LogP contribution in [0.5, 0.6) is 0 Å². The zero-order valence-corrected chi connectivity index (χ0v) is 17.9. The van der Waals surface area contributed by atoms with Gasteiger partial charge in [-0.05, 0) is 79.6 Å². The van der Waals surface area contributed by atoms with Gasteiger partial charge in [-0.1, -0.05) is 6.07 Å². The summed E-state index contributed by atoms with van der Waals surface area (Å²) < 4.78 is 18.2. The smallest absolute Gasteiger partial charge is 0.323 e. The van der Waals surface area contributed by atoms with E-state index in [0.717, 1.165) is 34.4 Å². The molecule has 2 aromatic carbocycles. The Morgan fingerprint density at radius 2 is 2.03 bits per heavy atom. The van der Waals surface area contributed by atoms with Crippen LogP contribution in [0.3, 0.4) is 0 Å². The van der Waals surface area contributed by atoms with Gasteiger partial charge < -0.3 is 14.6 Å². The van der Waals surface area contributed by atoms with Crippen molar-refractivity contribution >= 4 is 34.5 Å². The Balaban J connectivity index is 1.52. The molecule has 0 amide bonds. The fourth-order valence-electron chi connectivity index (χ4n) is 4.33. The summed E-state index contributed by atoms with van der Waals surface area (Å²) >= 11 is 1.84. The van der Waals surface area contributed by atoms with Crippen LogP contribution in [-0.2, 0) is 17.8 Å². The van der Waals surface area contributed by atoms with Crippen molar-refractivity contribution in [2.24, 2.45) is 0 Å². The van der Waals surface area contributed by atoms with Crippen LogP contribution in [0.15, 0.2) is 41.3 Å². The number of nitrogens with zero attached hydrogens (tertiary/aromatic N) is 3. The van der Waals surface area contributed by atoms with Gasteiger partial charge in [0, 0.05) is 34.6 Å². The van der Waals surface area contributed by atoms with Crippen LogP contribution in [0.2, 0.25) is 0 Å². The molecular weight excluding hydrogens is 401 g/mol. The number of aromatic nitrogens is 1. The number of carboxylic acid groups (broad SMARTS) is 1. The Hall–Kier alpha value is -2.51. The van der Waals surface area contributed by atoms with Gasteiger partial charge in [-0.3, -0.25) is 4.79 Å². The highest BCUT2D eigenvalue weighted by atomic mass is 32.2. The van der Waals surface area contributed by atoms with Crippen LogP contribution in [0.1, 0.15) is 29.7 Å². The molecule has 1 aliphatic heterocycles. The number of benzene rings is 2. The highest BCUT2D eigenvalue weighted by Gasteiger charge is 2.34. The van der Waals surface area contributed by atoms with Crippen LogP contribution in [-0.4, -0.2) is 39.7 Å². The molecule has 2 heterocycles. The molecule has 2 aliphatic rings. The zero-order valence-electron chi connectivity index (χ0n) is 17.1. The molecule has 156 valence electrons. The van der Waals surface area contributed by atoms with Crippen LogP contribution in [0.25, 0.3) is 10.9 Å². The largest absolute Gasteiger partial charge is 0.480 e. The molecule has 0 spiro atoms. The fraction of sp³-hybridized carbons (Fsp3) is 0.348. The normalized spacial score (nSPS) is 16.8. The molecule has 1 aromatic heterocycles. The molecule has 5 rings (SSSR count). The lowest BCUT2D eigenvalue weighted by Gasteiger charge is -2.35. The summed E-state index contributed by atoms with van der Waals surface area (Å²) in [5.41, 5.74) is 4.97. The van der Waals surface area contributed by atoms with Crippen molar-refractivity contribution in [3.63, 3.8) is 0 Å². The number of carbonyl (C=O) groups is 1. The number of aliphatic carboxylic acids is 1. The summed E-state index contributed by atoms with van der Waals surface area (Å²) in [6.45, 7) is 2.70. The van der Waals surface area contributed by atoms with Gasteiger partial charge in [0.15, 0.2) is 0 Å². The first kappa shape index (κ1) is 19.5. The molecule has 0 bridgehead atoms. The highest BCUT2D eigenvalue weighted by molar-refractivity contribution is 7.97. The third-order valence-corrected chi connectivity index (χ3v) is 7.24. The Bertz CT molecular complexity index is 1160. The van der Waals surface area contributed by atoms with E-state index in [2.05, 4.69) is 34.5 Å². The minimum atomic E-state index is -0.904. The van der Waals surface area contributed by atoms with Gasteiger partial charge in [0.05, 0.1) is 12.4 Å². The molecule has 7 heteroatoms. The van der Waals surface area contributed by atoms with Gasteiger partial charge in [0.2, 0.25) is 0 Å². The van der Waals surface area contributed by atoms with Gasteiger partial charge in [-0.2, -0.15) is 0 Å². The van der Waals surface area contributed by atoms with Crippen molar-refractivity contribution in [1.82, 2.24) is 8.87 Å². The second-order valence-corrected chi connectivity index (χ2v) is 9.35. The number of hydrogen-bond donors (Lipinski definition) is 1. The van der Waals surface area contributed by atoms with E-state index in [1.807, 2.05) is 18.9 Å². The predicted molar refractivity (Wildman–Crippen MR) is 118 cm³/mol. The standard InChI is InChI=1S/C23H24FN3O2S/c1-14-18(19-11-16(24)4-7-20(19)26(14)12-23(28)29)9-15-3-8-22-21(10-15)25(2)13-27(30-22)17-5-6-17/h3-4,7-8,10-11,17H,5-6,9,12-13H2,1-2H3,(H,28,29). The van der Waals surface area contributed by atoms with Crippen molar-refractivity contribution in [1.29, 1.82) is 0 Å². The van der Waals surface area contributed by atoms with Gasteiger partial charge in [0.25, 0.3) is 0 Å². The number of carboxylic acids is 1. The van der Waals surface area contributed by atoms with Gasteiger partial charge in [0.1, 0.15) is 12.4 Å². The lowest BCUT2D eigenvalue weighted by atomic mass is 10.0. The van der Waals surface area contributed by atoms with E-state index in [0.29, 0.717) is 12.5 Å². The molecule has 0 saturated heterocycles. The van der Waals surface area contributed by atoms with Crippen LogP contribution in [0, 0.1) is 12.7 Å². The summed E-state index contributed by atoms with van der Waals surface area (Å²) in [7, 11) is 2.12. The molecule has 0 unspecified atom stereocenters. The van der Waals surface area contributed by atoms with E-state index in [4.69, 9.17) is 0 Å². The van der Waals surface area contributed by atoms with Crippen LogP contribution in [0.4, 0.5) is 10.1 Å². The first-order valence-corrected chi connectivity index (χ1v) is 11.0. The minimum Gasteiger partial charge on any atom is -0.480 e. The second kappa shape index (κ2) is 7.32. The number of hydrogen-bond acceptors (Lipinski definition) is 4. The van der Waals surface area contributed by atoms with Crippen molar-refractivity contribution in [3.05, 3.63) is 59.0 Å². The average molecular weight is 426 g/mol. The van der Waals surface area contributed by atoms with E-state index in [9.17, 15) is 14.3 Å². The van der Waals surface area contributed by atoms with E-state index in [-0.39, 0.29) is 12.4 Å². The maximum Gasteiger partial charge on any atom is 0.323 e. The number of anilines is 1. The van der Waals surface area contributed by atoms with E-state index in [1.165, 1.54) is 35.6 Å². The van der Waals surface area contributed by atoms with Crippen molar-refractivity contribution < 1.29 is 14.3 Å². The van der Waals surface area contributed by atoms with Crippen LogP contribution >= 0.6 is 11.9 Å². The number of rotatable bonds is 5. The number of fused-ring (bicyclic) bond motifs is 2. The first-order valence-electron chi connectivity index (χ1n) is 10.2. The monoisotopic (exact) mass is 425 g/mol. The SMILES string of the molecule is Cc1c(Cc2ccc3c(c2)N(C)CN(C2CC2)S3)c2cc(F)ccc2n1CC(=O)O. The summed E-state index contributed by atoms with van der Waals surface area (Å²) in [6.07, 6.45) is 3.20. The molecule has 1 saturated carbocycles. The molecule has 0 radical (unpaired) electrons. The Morgan fingerprint density at radius 1 is 1.23 bits per heavy atom. The van der Waals surface area contributed by atoms with E-state index >= 15 is 0 Å². The first-order chi connectivity index (χ1) is 14.4. The molecule has 3 aromatic rings. The minimum absolute atomic E-state index is 0.130. The zero-order chi connectivity index (χ0) is 21.0. The fourth-order valence-corrected chi connectivity index (χ4v) is 5.61. The summed E-state index contributed by atoms with van der Waals surface area (Å²) in [6, 6.07) is 11.8. The summed E-state index contributed by atoms with van der Waals surface area (Å²) in [4.78, 5) is 14.9. The van der Waals surface area contributed by atoms with Gasteiger partial charge >= 0.3 is 5.97 Å². The van der Waals surface area contributed by atoms with Crippen molar-refractivity contribution in [2.75, 3.05) is 18.6 Å². The second-order valence-electron chi connectivity index (χ2n) is 8.26. The van der Waals surface area contributed by atoms with Crippen molar-refractivity contribution in [2.45, 2.75) is 43.7 Å². The molecule has 1 aliphatic carbocycles. The third kappa shape index (κ3) is 3.46. The maximum atomic E-state index is 14.0. The quantitative estimate of drug-likeness (QED) is 0.604. The van der Waals surface area contributed by atoms with E-state index in [1.54, 1.807) is 10.6 Å². The van der Waals surface area contributed by atoms with E-state index < -0.39 is 5.97 Å². The van der Waals surface area contributed by atoms with Gasteiger partial charge in [-0.15, -0.1) is 0 Å². The lowest BCUT2D eigenvalue weighted by molar-refractivity contribution is -0.137. The Kier molecular flexibility index (Phi) is 4.75. The average Bonchev–Trinajstić information content (AvgIpc) is 3.52. The molecular formula is C23H24FN3O2S. The third-order valence-electron chi connectivity index (χ3n) is 6.05. The summed E-state index contributed by atoms with van der Waals surface area (Å²) in [5, 5.41) is 10.1. The highest BCUT2D eigenvalue weighted by Crippen LogP contribution is 2.43. The lowest BCUT2D eigenvalue weighted by Crippen LogP contribution is -2.36. The Morgan fingerprint density at radius 3 is 2.77 bits per heavy atom. The molecule has 5 nitrogen and oxygen atoms in total. The molecule has 30 heavy (non-hydrogen) atoms. The maximum absolute atomic E-state index is 14.0. The predicted octanol–water partition coefficient (Wildman–Crippen LogP) is 4.64. The Labute approximate surface area is 179 Å². The summed E-state index contributed by atoms with van der Waals surface area (Å²) in [5.74, 6) is -1.21. The molecule has 1 fully saturated rings. The molecule has 1 N–H and O–H groups in total.